The Balaban J connectivity index is 1.40. The number of aryl methyl sites for hydroxylation is 1. The molecule has 29 heavy (non-hydrogen) atoms. The van der Waals surface area contributed by atoms with Crippen LogP contribution in [-0.4, -0.2) is 33.1 Å². The molecule has 1 aliphatic carbocycles. The van der Waals surface area contributed by atoms with Crippen molar-refractivity contribution in [3.8, 4) is 0 Å². The first kappa shape index (κ1) is 19.4. The molecule has 0 radical (unpaired) electrons. The smallest absolute Gasteiger partial charge is 0.229 e. The number of benzene rings is 1. The maximum absolute atomic E-state index is 11.4. The molecule has 3 aromatic rings. The quantitative estimate of drug-likeness (QED) is 0.408. The van der Waals surface area contributed by atoms with E-state index in [0.29, 0.717) is 30.5 Å². The number of carbonyl (C=O) groups excluding carboxylic acids is 1. The molecule has 1 aliphatic rings. The molecule has 1 amide bonds. The van der Waals surface area contributed by atoms with Gasteiger partial charge in [-0.1, -0.05) is 12.1 Å². The molecule has 1 saturated carbocycles. The minimum Gasteiger partial charge on any atom is -0.359 e. The predicted molar refractivity (Wildman–Crippen MR) is 116 cm³/mol. The molecule has 2 aromatic heterocycles. The van der Waals surface area contributed by atoms with E-state index in [1.807, 2.05) is 30.3 Å². The van der Waals surface area contributed by atoms with E-state index in [1.54, 1.807) is 13.2 Å². The van der Waals surface area contributed by atoms with E-state index in [4.69, 9.17) is 0 Å². The van der Waals surface area contributed by atoms with Crippen molar-refractivity contribution in [2.75, 3.05) is 17.7 Å². The lowest BCUT2D eigenvalue weighted by atomic mass is 10.1. The predicted octanol–water partition coefficient (Wildman–Crippen LogP) is 4.01. The van der Waals surface area contributed by atoms with Crippen LogP contribution in [0.1, 0.15) is 36.4 Å². The highest BCUT2D eigenvalue weighted by atomic mass is 79.9. The van der Waals surface area contributed by atoms with E-state index < -0.39 is 0 Å². The summed E-state index contributed by atoms with van der Waals surface area (Å²) < 4.78 is 0.753. The number of H-pyrrole nitrogens is 1. The van der Waals surface area contributed by atoms with Crippen LogP contribution >= 0.6 is 15.9 Å². The molecule has 1 fully saturated rings. The Morgan fingerprint density at radius 1 is 1.24 bits per heavy atom. The molecule has 4 rings (SSSR count). The van der Waals surface area contributed by atoms with Crippen LogP contribution in [0.4, 0.5) is 23.3 Å². The van der Waals surface area contributed by atoms with Gasteiger partial charge < -0.3 is 16.0 Å². The molecule has 0 aliphatic heterocycles. The van der Waals surface area contributed by atoms with Crippen molar-refractivity contribution < 1.29 is 4.79 Å². The Bertz CT molecular complexity index is 998. The fourth-order valence-corrected chi connectivity index (χ4v) is 3.20. The van der Waals surface area contributed by atoms with E-state index in [9.17, 15) is 4.79 Å². The zero-order valence-electron chi connectivity index (χ0n) is 16.0. The Morgan fingerprint density at radius 2 is 2.03 bits per heavy atom. The second kappa shape index (κ2) is 8.60. The number of hydrogen-bond acceptors (Lipinski definition) is 6. The first-order chi connectivity index (χ1) is 14.1. The van der Waals surface area contributed by atoms with Crippen molar-refractivity contribution in [2.45, 2.75) is 31.6 Å². The number of nitrogens with zero attached hydrogens (tertiary/aromatic N) is 3. The molecule has 0 saturated heterocycles. The van der Waals surface area contributed by atoms with Crippen molar-refractivity contribution in [1.29, 1.82) is 0 Å². The monoisotopic (exact) mass is 455 g/mol. The van der Waals surface area contributed by atoms with Crippen LogP contribution < -0.4 is 16.0 Å². The SMILES string of the molecule is CNC(=O)CCc1ccc(Nc2ncc(Br)c(Nc3cc(C4CC4)[nH]n3)n2)cc1. The Labute approximate surface area is 177 Å². The summed E-state index contributed by atoms with van der Waals surface area (Å²) in [6.07, 6.45) is 5.32. The van der Waals surface area contributed by atoms with Gasteiger partial charge in [0.1, 0.15) is 0 Å². The van der Waals surface area contributed by atoms with Crippen LogP contribution in [0.5, 0.6) is 0 Å². The molecule has 4 N–H and O–H groups in total. The molecular formula is C20H22BrN7O. The van der Waals surface area contributed by atoms with Gasteiger partial charge in [0.2, 0.25) is 11.9 Å². The highest BCUT2D eigenvalue weighted by Gasteiger charge is 2.25. The molecule has 150 valence electrons. The Hall–Kier alpha value is -2.94. The van der Waals surface area contributed by atoms with Gasteiger partial charge in [-0.3, -0.25) is 9.89 Å². The molecule has 9 heteroatoms. The van der Waals surface area contributed by atoms with Crippen molar-refractivity contribution in [3.05, 3.63) is 52.3 Å². The maximum Gasteiger partial charge on any atom is 0.229 e. The maximum atomic E-state index is 11.4. The fraction of sp³-hybridized carbons (Fsp3) is 0.300. The highest BCUT2D eigenvalue weighted by molar-refractivity contribution is 9.10. The van der Waals surface area contributed by atoms with Gasteiger partial charge >= 0.3 is 0 Å². The number of halogens is 1. The highest BCUT2D eigenvalue weighted by Crippen LogP contribution is 2.39. The number of amides is 1. The average Bonchev–Trinajstić information content (AvgIpc) is 3.48. The van der Waals surface area contributed by atoms with E-state index in [1.165, 1.54) is 12.8 Å². The van der Waals surface area contributed by atoms with Gasteiger partial charge in [0, 0.05) is 43.0 Å². The number of carbonyl (C=O) groups is 1. The fourth-order valence-electron chi connectivity index (χ4n) is 2.91. The summed E-state index contributed by atoms with van der Waals surface area (Å²) in [6.45, 7) is 0. The molecule has 0 spiro atoms. The lowest BCUT2D eigenvalue weighted by molar-refractivity contribution is -0.120. The van der Waals surface area contributed by atoms with E-state index in [2.05, 4.69) is 52.0 Å². The van der Waals surface area contributed by atoms with Gasteiger partial charge in [0.25, 0.3) is 0 Å². The summed E-state index contributed by atoms with van der Waals surface area (Å²) in [6, 6.07) is 9.91. The first-order valence-corrected chi connectivity index (χ1v) is 10.3. The number of aromatic nitrogens is 4. The molecular weight excluding hydrogens is 434 g/mol. The standard InChI is InChI=1S/C20H22BrN7O/c1-22-18(29)9-4-12-2-7-14(8-3-12)24-20-23-11-15(21)19(26-20)25-17-10-16(27-28-17)13-5-6-13/h2-3,7-8,10-11,13H,4-6,9H2,1H3,(H,22,29)(H3,23,24,25,26,27,28). The minimum atomic E-state index is 0.0386. The Morgan fingerprint density at radius 3 is 2.76 bits per heavy atom. The summed E-state index contributed by atoms with van der Waals surface area (Å²) in [4.78, 5) is 20.2. The van der Waals surface area contributed by atoms with Crippen LogP contribution in [0.2, 0.25) is 0 Å². The number of anilines is 4. The van der Waals surface area contributed by atoms with Crippen LogP contribution in [0, 0.1) is 0 Å². The summed E-state index contributed by atoms with van der Waals surface area (Å²) in [5.74, 6) is 2.50. The zero-order valence-corrected chi connectivity index (χ0v) is 17.6. The number of rotatable bonds is 8. The van der Waals surface area contributed by atoms with E-state index >= 15 is 0 Å². The number of hydrogen-bond donors (Lipinski definition) is 4. The van der Waals surface area contributed by atoms with Gasteiger partial charge in [-0.25, -0.2) is 4.98 Å². The summed E-state index contributed by atoms with van der Waals surface area (Å²) >= 11 is 3.48. The van der Waals surface area contributed by atoms with Crippen LogP contribution in [-0.2, 0) is 11.2 Å². The topological polar surface area (TPSA) is 108 Å². The van der Waals surface area contributed by atoms with Crippen molar-refractivity contribution >= 4 is 45.1 Å². The summed E-state index contributed by atoms with van der Waals surface area (Å²) in [5.41, 5.74) is 3.13. The van der Waals surface area contributed by atoms with Gasteiger partial charge in [-0.05, 0) is 52.9 Å². The van der Waals surface area contributed by atoms with Crippen LogP contribution in [0.25, 0.3) is 0 Å². The number of nitrogens with one attached hydrogen (secondary N) is 4. The van der Waals surface area contributed by atoms with Crippen LogP contribution in [0.3, 0.4) is 0 Å². The van der Waals surface area contributed by atoms with Crippen molar-refractivity contribution in [3.63, 3.8) is 0 Å². The van der Waals surface area contributed by atoms with Gasteiger partial charge in [0.15, 0.2) is 11.6 Å². The Kier molecular flexibility index (Phi) is 5.75. The largest absolute Gasteiger partial charge is 0.359 e. The first-order valence-electron chi connectivity index (χ1n) is 9.52. The molecule has 0 bridgehead atoms. The van der Waals surface area contributed by atoms with E-state index in [0.717, 1.165) is 27.2 Å². The zero-order chi connectivity index (χ0) is 20.2. The minimum absolute atomic E-state index is 0.0386. The molecule has 1 aromatic carbocycles. The second-order valence-electron chi connectivity index (χ2n) is 6.99. The van der Waals surface area contributed by atoms with Crippen molar-refractivity contribution in [2.24, 2.45) is 0 Å². The van der Waals surface area contributed by atoms with Gasteiger partial charge in [-0.15, -0.1) is 0 Å². The lowest BCUT2D eigenvalue weighted by Gasteiger charge is -2.09. The van der Waals surface area contributed by atoms with E-state index in [-0.39, 0.29) is 5.91 Å². The third kappa shape index (κ3) is 5.11. The lowest BCUT2D eigenvalue weighted by Crippen LogP contribution is -2.17. The van der Waals surface area contributed by atoms with Crippen molar-refractivity contribution in [1.82, 2.24) is 25.5 Å². The third-order valence-corrected chi connectivity index (χ3v) is 5.32. The summed E-state index contributed by atoms with van der Waals surface area (Å²) in [7, 11) is 1.65. The van der Waals surface area contributed by atoms with Crippen LogP contribution in [0.15, 0.2) is 41.0 Å². The number of aromatic amines is 1. The normalized spacial score (nSPS) is 13.2. The molecule has 0 unspecified atom stereocenters. The second-order valence-corrected chi connectivity index (χ2v) is 7.85. The molecule has 0 atom stereocenters. The van der Waals surface area contributed by atoms with Gasteiger partial charge in [0.05, 0.1) is 4.47 Å². The summed E-state index contributed by atoms with van der Waals surface area (Å²) in [5, 5.41) is 16.4. The molecule has 2 heterocycles. The van der Waals surface area contributed by atoms with Gasteiger partial charge in [-0.2, -0.15) is 10.1 Å². The average molecular weight is 456 g/mol. The third-order valence-electron chi connectivity index (χ3n) is 4.74. The molecule has 8 nitrogen and oxygen atoms in total.